The first-order valence-electron chi connectivity index (χ1n) is 5.32. The lowest BCUT2D eigenvalue weighted by atomic mass is 9.85. The molecule has 0 aromatic rings. The molecule has 4 atom stereocenters. The minimum absolute atomic E-state index is 0.481. The predicted octanol–water partition coefficient (Wildman–Crippen LogP) is 2.85. The van der Waals surface area contributed by atoms with Crippen molar-refractivity contribution >= 4 is 0 Å². The molecule has 0 heterocycles. The van der Waals surface area contributed by atoms with Crippen molar-refractivity contribution in [3.05, 3.63) is 0 Å². The third kappa shape index (κ3) is 1.52. The van der Waals surface area contributed by atoms with Gasteiger partial charge in [-0.25, -0.2) is 0 Å². The molecule has 0 amide bonds. The lowest BCUT2D eigenvalue weighted by Gasteiger charge is -2.23. The van der Waals surface area contributed by atoms with Crippen LogP contribution in [0.2, 0.25) is 0 Å². The Hall–Kier alpha value is -0.0400. The van der Waals surface area contributed by atoms with Gasteiger partial charge in [0.1, 0.15) is 0 Å². The Morgan fingerprint density at radius 3 is 2.67 bits per heavy atom. The highest BCUT2D eigenvalue weighted by molar-refractivity contribution is 4.90. The first-order chi connectivity index (χ1) is 5.79. The van der Waals surface area contributed by atoms with Gasteiger partial charge in [-0.1, -0.05) is 6.42 Å². The fourth-order valence-corrected chi connectivity index (χ4v) is 3.19. The number of ether oxygens (including phenoxy) is 1. The molecule has 0 N–H and O–H groups in total. The fourth-order valence-electron chi connectivity index (χ4n) is 3.19. The van der Waals surface area contributed by atoms with Crippen LogP contribution in [0.25, 0.3) is 0 Å². The standard InChI is InChI=1S/C11H20O/c1-8(12-2)5-11-7-9-3-4-10(11)6-9/h8-11H,3-7H2,1-2H3. The minimum atomic E-state index is 0.481. The van der Waals surface area contributed by atoms with E-state index in [1.807, 2.05) is 7.11 Å². The molecule has 2 aliphatic carbocycles. The van der Waals surface area contributed by atoms with Gasteiger partial charge in [-0.15, -0.1) is 0 Å². The summed E-state index contributed by atoms with van der Waals surface area (Å²) in [5.74, 6) is 3.15. The molecule has 12 heavy (non-hydrogen) atoms. The number of hydrogen-bond donors (Lipinski definition) is 0. The molecular formula is C11H20O. The minimum Gasteiger partial charge on any atom is -0.382 e. The number of methoxy groups -OCH3 is 1. The van der Waals surface area contributed by atoms with E-state index in [1.165, 1.54) is 32.1 Å². The Kier molecular flexibility index (Phi) is 2.40. The van der Waals surface area contributed by atoms with Crippen LogP contribution < -0.4 is 0 Å². The Bertz CT molecular complexity index is 155. The summed E-state index contributed by atoms with van der Waals surface area (Å²) in [5.41, 5.74) is 0. The highest BCUT2D eigenvalue weighted by Crippen LogP contribution is 2.49. The average Bonchev–Trinajstić information content (AvgIpc) is 2.64. The molecular weight excluding hydrogens is 148 g/mol. The van der Waals surface area contributed by atoms with E-state index in [1.54, 1.807) is 0 Å². The smallest absolute Gasteiger partial charge is 0.0546 e. The van der Waals surface area contributed by atoms with Crippen molar-refractivity contribution in [3.8, 4) is 0 Å². The summed E-state index contributed by atoms with van der Waals surface area (Å²) in [6.07, 6.45) is 7.83. The van der Waals surface area contributed by atoms with Crippen molar-refractivity contribution in [1.29, 1.82) is 0 Å². The van der Waals surface area contributed by atoms with Crippen LogP contribution in [0.1, 0.15) is 39.0 Å². The maximum Gasteiger partial charge on any atom is 0.0546 e. The molecule has 2 fully saturated rings. The molecule has 2 bridgehead atoms. The monoisotopic (exact) mass is 168 g/mol. The largest absolute Gasteiger partial charge is 0.382 e. The molecule has 0 spiro atoms. The third-order valence-corrected chi connectivity index (χ3v) is 3.92. The summed E-state index contributed by atoms with van der Waals surface area (Å²) in [5, 5.41) is 0. The highest BCUT2D eigenvalue weighted by Gasteiger charge is 2.39. The quantitative estimate of drug-likeness (QED) is 0.629. The summed E-state index contributed by atoms with van der Waals surface area (Å²) in [4.78, 5) is 0. The van der Waals surface area contributed by atoms with Crippen LogP contribution in [0.5, 0.6) is 0 Å². The van der Waals surface area contributed by atoms with Crippen molar-refractivity contribution in [2.75, 3.05) is 7.11 Å². The number of hydrogen-bond acceptors (Lipinski definition) is 1. The van der Waals surface area contributed by atoms with E-state index in [0.717, 1.165) is 17.8 Å². The molecule has 4 unspecified atom stereocenters. The van der Waals surface area contributed by atoms with E-state index in [4.69, 9.17) is 4.74 Å². The van der Waals surface area contributed by atoms with Crippen molar-refractivity contribution in [1.82, 2.24) is 0 Å². The maximum absolute atomic E-state index is 5.32. The molecule has 0 aliphatic heterocycles. The van der Waals surface area contributed by atoms with Crippen LogP contribution in [0.4, 0.5) is 0 Å². The van der Waals surface area contributed by atoms with Crippen LogP contribution in [-0.2, 0) is 4.74 Å². The molecule has 0 aromatic carbocycles. The molecule has 1 heteroatoms. The molecule has 1 nitrogen and oxygen atoms in total. The van der Waals surface area contributed by atoms with E-state index in [2.05, 4.69) is 6.92 Å². The SMILES string of the molecule is COC(C)CC1CC2CCC1C2. The van der Waals surface area contributed by atoms with E-state index in [0.29, 0.717) is 6.10 Å². The van der Waals surface area contributed by atoms with Crippen LogP contribution in [0, 0.1) is 17.8 Å². The van der Waals surface area contributed by atoms with Gasteiger partial charge in [0.25, 0.3) is 0 Å². The summed E-state index contributed by atoms with van der Waals surface area (Å²) in [6.45, 7) is 2.20. The summed E-state index contributed by atoms with van der Waals surface area (Å²) in [6, 6.07) is 0. The number of rotatable bonds is 3. The van der Waals surface area contributed by atoms with E-state index in [9.17, 15) is 0 Å². The maximum atomic E-state index is 5.32. The zero-order valence-corrected chi connectivity index (χ0v) is 8.25. The van der Waals surface area contributed by atoms with Crippen LogP contribution in [-0.4, -0.2) is 13.2 Å². The Labute approximate surface area is 75.5 Å². The van der Waals surface area contributed by atoms with Gasteiger partial charge < -0.3 is 4.74 Å². The Balaban J connectivity index is 1.82. The Morgan fingerprint density at radius 1 is 1.33 bits per heavy atom. The first kappa shape index (κ1) is 8.55. The summed E-state index contributed by atoms with van der Waals surface area (Å²) < 4.78 is 5.32. The van der Waals surface area contributed by atoms with Crippen molar-refractivity contribution in [3.63, 3.8) is 0 Å². The van der Waals surface area contributed by atoms with Gasteiger partial charge in [-0.05, 0) is 50.4 Å². The van der Waals surface area contributed by atoms with Gasteiger partial charge in [-0.2, -0.15) is 0 Å². The van der Waals surface area contributed by atoms with Crippen LogP contribution in [0.15, 0.2) is 0 Å². The van der Waals surface area contributed by atoms with E-state index >= 15 is 0 Å². The molecule has 2 aliphatic rings. The molecule has 0 aromatic heterocycles. The van der Waals surface area contributed by atoms with Gasteiger partial charge in [0.2, 0.25) is 0 Å². The lowest BCUT2D eigenvalue weighted by Crippen LogP contribution is -2.17. The second-order valence-corrected chi connectivity index (χ2v) is 4.72. The van der Waals surface area contributed by atoms with Gasteiger partial charge >= 0.3 is 0 Å². The lowest BCUT2D eigenvalue weighted by molar-refractivity contribution is 0.0843. The Morgan fingerprint density at radius 2 is 2.17 bits per heavy atom. The topological polar surface area (TPSA) is 9.23 Å². The van der Waals surface area contributed by atoms with Gasteiger partial charge in [0.05, 0.1) is 6.10 Å². The molecule has 0 saturated heterocycles. The normalized spacial score (nSPS) is 42.0. The highest BCUT2D eigenvalue weighted by atomic mass is 16.5. The van der Waals surface area contributed by atoms with Gasteiger partial charge in [0.15, 0.2) is 0 Å². The van der Waals surface area contributed by atoms with Crippen molar-refractivity contribution < 1.29 is 4.74 Å². The molecule has 0 radical (unpaired) electrons. The molecule has 2 saturated carbocycles. The average molecular weight is 168 g/mol. The molecule has 2 rings (SSSR count). The van der Waals surface area contributed by atoms with E-state index < -0.39 is 0 Å². The van der Waals surface area contributed by atoms with Crippen molar-refractivity contribution in [2.45, 2.75) is 45.1 Å². The fraction of sp³-hybridized carbons (Fsp3) is 1.00. The molecule has 70 valence electrons. The zero-order valence-electron chi connectivity index (χ0n) is 8.25. The second kappa shape index (κ2) is 3.37. The predicted molar refractivity (Wildman–Crippen MR) is 50.0 cm³/mol. The summed E-state index contributed by atoms with van der Waals surface area (Å²) >= 11 is 0. The zero-order chi connectivity index (χ0) is 8.55. The van der Waals surface area contributed by atoms with Crippen molar-refractivity contribution in [2.24, 2.45) is 17.8 Å². The second-order valence-electron chi connectivity index (χ2n) is 4.72. The van der Waals surface area contributed by atoms with E-state index in [-0.39, 0.29) is 0 Å². The van der Waals surface area contributed by atoms with Crippen LogP contribution >= 0.6 is 0 Å². The third-order valence-electron chi connectivity index (χ3n) is 3.92. The summed E-state index contributed by atoms with van der Waals surface area (Å²) in [7, 11) is 1.83. The van der Waals surface area contributed by atoms with Crippen LogP contribution in [0.3, 0.4) is 0 Å². The first-order valence-corrected chi connectivity index (χ1v) is 5.32. The number of fused-ring (bicyclic) bond motifs is 2. The van der Waals surface area contributed by atoms with Gasteiger partial charge in [-0.3, -0.25) is 0 Å². The van der Waals surface area contributed by atoms with Gasteiger partial charge in [0, 0.05) is 7.11 Å².